The van der Waals surface area contributed by atoms with Gasteiger partial charge < -0.3 is 25.0 Å². The Morgan fingerprint density at radius 1 is 1.27 bits per heavy atom. The van der Waals surface area contributed by atoms with Gasteiger partial charge in [-0.2, -0.15) is 0 Å². The third-order valence-corrected chi connectivity index (χ3v) is 5.02. The third kappa shape index (κ3) is 6.35. The van der Waals surface area contributed by atoms with Gasteiger partial charge in [0.25, 0.3) is 0 Å². The highest BCUT2D eigenvalue weighted by molar-refractivity contribution is 5.79. The number of hydrogen-bond donors (Lipinski definition) is 2. The summed E-state index contributed by atoms with van der Waals surface area (Å²) in [5.74, 6) is 2.72. The lowest BCUT2D eigenvalue weighted by atomic mass is 10.1. The number of para-hydroxylation sites is 1. The third-order valence-electron chi connectivity index (χ3n) is 5.02. The van der Waals surface area contributed by atoms with E-state index in [0.29, 0.717) is 6.54 Å². The molecule has 7 nitrogen and oxygen atoms in total. The maximum atomic E-state index is 5.61. The zero-order valence-corrected chi connectivity index (χ0v) is 18.2. The molecule has 1 saturated heterocycles. The summed E-state index contributed by atoms with van der Waals surface area (Å²) >= 11 is 0. The highest BCUT2D eigenvalue weighted by Gasteiger charge is 2.17. The van der Waals surface area contributed by atoms with E-state index >= 15 is 0 Å². The molecule has 7 heteroatoms. The Morgan fingerprint density at radius 2 is 2.13 bits per heavy atom. The Hall–Kier alpha value is -2.80. The van der Waals surface area contributed by atoms with Gasteiger partial charge in [-0.1, -0.05) is 24.3 Å². The average Bonchev–Trinajstić information content (AvgIpc) is 2.78. The molecule has 1 aromatic carbocycles. The number of methoxy groups -OCH3 is 1. The van der Waals surface area contributed by atoms with Gasteiger partial charge in [0, 0.05) is 32.4 Å². The zero-order valence-electron chi connectivity index (χ0n) is 18.2. The number of ether oxygens (including phenoxy) is 2. The van der Waals surface area contributed by atoms with Crippen molar-refractivity contribution in [2.24, 2.45) is 4.99 Å². The molecule has 0 saturated carbocycles. The van der Waals surface area contributed by atoms with E-state index in [2.05, 4.69) is 52.6 Å². The standard InChI is InChI=1S/C23H33N5O2/c1-4-24-23(25-12-11-20-7-5-6-8-21(20)29-3)27-16-19-9-10-22(26-15-19)28-13-14-30-18(2)17-28/h5-10,15,18H,4,11-14,16-17H2,1-3H3,(H2,24,25,27). The lowest BCUT2D eigenvalue weighted by Gasteiger charge is -2.32. The highest BCUT2D eigenvalue weighted by Crippen LogP contribution is 2.17. The number of pyridine rings is 1. The van der Waals surface area contributed by atoms with Crippen LogP contribution in [0.3, 0.4) is 0 Å². The second kappa shape index (κ2) is 11.4. The molecule has 2 aromatic rings. The molecule has 1 aliphatic heterocycles. The molecular formula is C23H33N5O2. The van der Waals surface area contributed by atoms with Crippen LogP contribution in [0.5, 0.6) is 5.75 Å². The molecule has 2 N–H and O–H groups in total. The van der Waals surface area contributed by atoms with Crippen LogP contribution in [-0.4, -0.2) is 56.9 Å². The number of morpholine rings is 1. The molecule has 0 amide bonds. The normalized spacial score (nSPS) is 17.0. The van der Waals surface area contributed by atoms with Gasteiger partial charge in [0.1, 0.15) is 11.6 Å². The van der Waals surface area contributed by atoms with Crippen molar-refractivity contribution >= 4 is 11.8 Å². The molecule has 2 heterocycles. The monoisotopic (exact) mass is 411 g/mol. The Morgan fingerprint density at radius 3 is 2.87 bits per heavy atom. The van der Waals surface area contributed by atoms with Crippen LogP contribution in [0, 0.1) is 0 Å². The lowest BCUT2D eigenvalue weighted by Crippen LogP contribution is -2.41. The van der Waals surface area contributed by atoms with Gasteiger partial charge >= 0.3 is 0 Å². The molecule has 0 aliphatic carbocycles. The van der Waals surface area contributed by atoms with Gasteiger partial charge in [0.15, 0.2) is 5.96 Å². The molecule has 1 aliphatic rings. The van der Waals surface area contributed by atoms with Gasteiger partial charge in [-0.05, 0) is 43.5 Å². The number of nitrogens with zero attached hydrogens (tertiary/aromatic N) is 3. The minimum Gasteiger partial charge on any atom is -0.496 e. The summed E-state index contributed by atoms with van der Waals surface area (Å²) in [6, 6.07) is 12.3. The van der Waals surface area contributed by atoms with E-state index < -0.39 is 0 Å². The second-order valence-electron chi connectivity index (χ2n) is 7.34. The Kier molecular flexibility index (Phi) is 8.32. The molecule has 0 spiro atoms. The summed E-state index contributed by atoms with van der Waals surface area (Å²) in [6.45, 7) is 8.85. The highest BCUT2D eigenvalue weighted by atomic mass is 16.5. The van der Waals surface area contributed by atoms with Crippen LogP contribution in [-0.2, 0) is 17.7 Å². The summed E-state index contributed by atoms with van der Waals surface area (Å²) in [6.07, 6.45) is 3.02. The number of nitrogens with one attached hydrogen (secondary N) is 2. The predicted octanol–water partition coefficient (Wildman–Crippen LogP) is 2.61. The number of rotatable bonds is 8. The first-order valence-electron chi connectivity index (χ1n) is 10.6. The van der Waals surface area contributed by atoms with E-state index in [1.165, 1.54) is 5.56 Å². The molecule has 0 radical (unpaired) electrons. The molecule has 1 aromatic heterocycles. The van der Waals surface area contributed by atoms with Crippen LogP contribution >= 0.6 is 0 Å². The largest absolute Gasteiger partial charge is 0.496 e. The zero-order chi connectivity index (χ0) is 21.2. The van der Waals surface area contributed by atoms with E-state index in [-0.39, 0.29) is 6.10 Å². The van der Waals surface area contributed by atoms with Crippen molar-refractivity contribution < 1.29 is 9.47 Å². The first-order valence-corrected chi connectivity index (χ1v) is 10.6. The van der Waals surface area contributed by atoms with E-state index in [1.807, 2.05) is 24.4 Å². The number of guanidine groups is 1. The molecule has 1 atom stereocenters. The van der Waals surface area contributed by atoms with Gasteiger partial charge in [-0.15, -0.1) is 0 Å². The predicted molar refractivity (Wildman–Crippen MR) is 121 cm³/mol. The van der Waals surface area contributed by atoms with Gasteiger partial charge in [0.05, 0.1) is 26.4 Å². The maximum Gasteiger partial charge on any atom is 0.191 e. The minimum atomic E-state index is 0.245. The van der Waals surface area contributed by atoms with Crippen LogP contribution in [0.4, 0.5) is 5.82 Å². The van der Waals surface area contributed by atoms with Crippen LogP contribution in [0.15, 0.2) is 47.6 Å². The van der Waals surface area contributed by atoms with Crippen LogP contribution in [0.2, 0.25) is 0 Å². The number of hydrogen-bond acceptors (Lipinski definition) is 5. The van der Waals surface area contributed by atoms with Crippen LogP contribution in [0.1, 0.15) is 25.0 Å². The van der Waals surface area contributed by atoms with Crippen molar-refractivity contribution in [1.82, 2.24) is 15.6 Å². The molecule has 0 bridgehead atoms. The molecule has 3 rings (SSSR count). The van der Waals surface area contributed by atoms with Crippen molar-refractivity contribution in [3.05, 3.63) is 53.7 Å². The molecule has 1 fully saturated rings. The van der Waals surface area contributed by atoms with Crippen molar-refractivity contribution in [1.29, 1.82) is 0 Å². The molecular weight excluding hydrogens is 378 g/mol. The summed E-state index contributed by atoms with van der Waals surface area (Å²) in [7, 11) is 1.71. The number of anilines is 1. The topological polar surface area (TPSA) is 71.0 Å². The van der Waals surface area contributed by atoms with Crippen molar-refractivity contribution in [2.75, 3.05) is 44.8 Å². The fourth-order valence-corrected chi connectivity index (χ4v) is 3.46. The van der Waals surface area contributed by atoms with Crippen LogP contribution < -0.4 is 20.3 Å². The van der Waals surface area contributed by atoms with Gasteiger partial charge in [0.2, 0.25) is 0 Å². The first kappa shape index (κ1) is 21.9. The smallest absolute Gasteiger partial charge is 0.191 e. The van der Waals surface area contributed by atoms with Crippen molar-refractivity contribution in [3.63, 3.8) is 0 Å². The molecule has 30 heavy (non-hydrogen) atoms. The summed E-state index contributed by atoms with van der Waals surface area (Å²) in [5, 5.41) is 6.70. The summed E-state index contributed by atoms with van der Waals surface area (Å²) in [5.41, 5.74) is 2.27. The Bertz CT molecular complexity index is 809. The first-order chi connectivity index (χ1) is 14.7. The number of benzene rings is 1. The quantitative estimate of drug-likeness (QED) is 0.514. The van der Waals surface area contributed by atoms with Gasteiger partial charge in [-0.3, -0.25) is 0 Å². The maximum absolute atomic E-state index is 5.61. The minimum absolute atomic E-state index is 0.245. The molecule has 162 valence electrons. The Labute approximate surface area is 179 Å². The fraction of sp³-hybridized carbons (Fsp3) is 0.478. The van der Waals surface area contributed by atoms with E-state index in [9.17, 15) is 0 Å². The van der Waals surface area contributed by atoms with E-state index in [1.54, 1.807) is 7.11 Å². The fourth-order valence-electron chi connectivity index (χ4n) is 3.46. The summed E-state index contributed by atoms with van der Waals surface area (Å²) < 4.78 is 11.0. The SMILES string of the molecule is CCNC(=NCc1ccc(N2CCOC(C)C2)nc1)NCCc1ccccc1OC. The van der Waals surface area contributed by atoms with E-state index in [0.717, 1.165) is 62.3 Å². The van der Waals surface area contributed by atoms with Crippen molar-refractivity contribution in [2.45, 2.75) is 32.9 Å². The van der Waals surface area contributed by atoms with E-state index in [4.69, 9.17) is 14.5 Å². The number of aromatic nitrogens is 1. The van der Waals surface area contributed by atoms with Crippen LogP contribution in [0.25, 0.3) is 0 Å². The summed E-state index contributed by atoms with van der Waals surface area (Å²) in [4.78, 5) is 11.6. The van der Waals surface area contributed by atoms with Gasteiger partial charge in [-0.25, -0.2) is 9.98 Å². The Balaban J connectivity index is 1.53. The van der Waals surface area contributed by atoms with Crippen molar-refractivity contribution in [3.8, 4) is 5.75 Å². The number of aliphatic imine (C=N–C) groups is 1. The lowest BCUT2D eigenvalue weighted by molar-refractivity contribution is 0.0529. The molecule has 1 unspecified atom stereocenters. The average molecular weight is 412 g/mol. The second-order valence-corrected chi connectivity index (χ2v) is 7.34.